The largest absolute Gasteiger partial charge is 0.487 e. The molecule has 0 saturated carbocycles. The molecule has 1 heterocycles. The van der Waals surface area contributed by atoms with Gasteiger partial charge in [0, 0.05) is 18.5 Å². The molecule has 0 aromatic heterocycles. The summed E-state index contributed by atoms with van der Waals surface area (Å²) in [5, 5.41) is 0. The maximum absolute atomic E-state index is 12.3. The van der Waals surface area contributed by atoms with Crippen LogP contribution < -0.4 is 4.74 Å². The summed E-state index contributed by atoms with van der Waals surface area (Å²) in [5.74, 6) is 0.916. The van der Waals surface area contributed by atoms with E-state index in [-0.39, 0.29) is 17.4 Å². The average molecular weight is 297 g/mol. The molecule has 2 rings (SSSR count). The lowest BCUT2D eigenvalue weighted by atomic mass is 9.90. The average Bonchev–Trinajstić information content (AvgIpc) is 2.38. The molecule has 1 aliphatic heterocycles. The second-order valence-corrected chi connectivity index (χ2v) is 7.93. The third-order valence-corrected chi connectivity index (χ3v) is 5.69. The van der Waals surface area contributed by atoms with Crippen LogP contribution in [0.25, 0.3) is 0 Å². The van der Waals surface area contributed by atoms with Gasteiger partial charge in [0.05, 0.1) is 11.8 Å². The van der Waals surface area contributed by atoms with Crippen molar-refractivity contribution in [1.29, 1.82) is 0 Å². The molecule has 0 fully saturated rings. The molecule has 5 heteroatoms. The van der Waals surface area contributed by atoms with E-state index in [2.05, 4.69) is 0 Å². The van der Waals surface area contributed by atoms with Crippen molar-refractivity contribution in [2.45, 2.75) is 45.8 Å². The van der Waals surface area contributed by atoms with E-state index in [1.807, 2.05) is 45.0 Å². The molecule has 1 atom stereocenters. The number of benzene rings is 1. The first-order valence-corrected chi connectivity index (χ1v) is 8.69. The molecule has 4 nitrogen and oxygen atoms in total. The minimum Gasteiger partial charge on any atom is -0.487 e. The Morgan fingerprint density at radius 1 is 1.30 bits per heavy atom. The molecular weight excluding hydrogens is 274 g/mol. The lowest BCUT2D eigenvalue weighted by molar-refractivity contribution is 0.0511. The predicted octanol–water partition coefficient (Wildman–Crippen LogP) is 2.96. The Hall–Kier alpha value is -1.07. The second kappa shape index (κ2) is 5.37. The van der Waals surface area contributed by atoms with Crippen LogP contribution in [-0.2, 0) is 10.0 Å². The summed E-state index contributed by atoms with van der Waals surface area (Å²) in [6.45, 7) is 8.06. The highest BCUT2D eigenvalue weighted by Gasteiger charge is 2.39. The van der Waals surface area contributed by atoms with E-state index in [4.69, 9.17) is 4.74 Å². The first-order valence-electron chi connectivity index (χ1n) is 7.08. The summed E-state index contributed by atoms with van der Waals surface area (Å²) in [7, 11) is -3.23. The van der Waals surface area contributed by atoms with Crippen LogP contribution in [0, 0.1) is 0 Å². The van der Waals surface area contributed by atoms with Gasteiger partial charge in [-0.2, -0.15) is 4.31 Å². The Balaban J connectivity index is 2.50. The maximum atomic E-state index is 12.3. The first kappa shape index (κ1) is 15.3. The minimum atomic E-state index is -3.23. The summed E-state index contributed by atoms with van der Waals surface area (Å²) in [4.78, 5) is 0. The van der Waals surface area contributed by atoms with Gasteiger partial charge in [-0.05, 0) is 26.8 Å². The number of ether oxygens (including phenoxy) is 1. The molecule has 0 aliphatic carbocycles. The van der Waals surface area contributed by atoms with Gasteiger partial charge in [0.25, 0.3) is 0 Å². The van der Waals surface area contributed by atoms with Crippen molar-refractivity contribution < 1.29 is 13.2 Å². The second-order valence-electron chi connectivity index (χ2n) is 5.72. The Kier molecular flexibility index (Phi) is 4.12. The Labute approximate surface area is 121 Å². The molecule has 0 spiro atoms. The third kappa shape index (κ3) is 2.83. The van der Waals surface area contributed by atoms with Gasteiger partial charge in [0.1, 0.15) is 11.4 Å². The molecule has 0 radical (unpaired) electrons. The van der Waals surface area contributed by atoms with Crippen LogP contribution in [0.2, 0.25) is 0 Å². The molecule has 1 aromatic rings. The van der Waals surface area contributed by atoms with Crippen molar-refractivity contribution in [2.24, 2.45) is 0 Å². The number of sulfonamides is 1. The lowest BCUT2D eigenvalue weighted by Crippen LogP contribution is -2.44. The molecule has 1 aliphatic rings. The number of hydrogen-bond donors (Lipinski definition) is 0. The summed E-state index contributed by atoms with van der Waals surface area (Å²) in [6.07, 6.45) is 0.664. The van der Waals surface area contributed by atoms with Gasteiger partial charge in [-0.25, -0.2) is 8.42 Å². The normalized spacial score (nSPS) is 21.4. The smallest absolute Gasteiger partial charge is 0.214 e. The first-order chi connectivity index (χ1) is 9.30. The van der Waals surface area contributed by atoms with Gasteiger partial charge in [-0.1, -0.05) is 25.1 Å². The van der Waals surface area contributed by atoms with Crippen LogP contribution in [-0.4, -0.2) is 30.6 Å². The highest BCUT2D eigenvalue weighted by molar-refractivity contribution is 7.89. The highest BCUT2D eigenvalue weighted by Crippen LogP contribution is 2.43. The predicted molar refractivity (Wildman–Crippen MR) is 80.3 cm³/mol. The quantitative estimate of drug-likeness (QED) is 0.858. The van der Waals surface area contributed by atoms with E-state index < -0.39 is 10.0 Å². The van der Waals surface area contributed by atoms with E-state index in [1.54, 1.807) is 11.2 Å². The standard InChI is InChI=1S/C15H23NO3S/c1-5-16(20(17,18)6-2)13-11-15(3,4)19-14-10-8-7-9-12(13)14/h7-10,13H,5-6,11H2,1-4H3. The molecule has 1 unspecified atom stereocenters. The molecule has 0 amide bonds. The maximum Gasteiger partial charge on any atom is 0.214 e. The van der Waals surface area contributed by atoms with Gasteiger partial charge >= 0.3 is 0 Å². The minimum absolute atomic E-state index is 0.126. The van der Waals surface area contributed by atoms with E-state index in [0.29, 0.717) is 13.0 Å². The van der Waals surface area contributed by atoms with Gasteiger partial charge in [0.15, 0.2) is 0 Å². The number of nitrogens with zero attached hydrogens (tertiary/aromatic N) is 1. The van der Waals surface area contributed by atoms with Crippen LogP contribution in [0.1, 0.15) is 45.7 Å². The van der Waals surface area contributed by atoms with Crippen LogP contribution in [0.4, 0.5) is 0 Å². The van der Waals surface area contributed by atoms with E-state index >= 15 is 0 Å². The summed E-state index contributed by atoms with van der Waals surface area (Å²) >= 11 is 0. The van der Waals surface area contributed by atoms with Crippen LogP contribution in [0.5, 0.6) is 5.75 Å². The zero-order valence-electron chi connectivity index (χ0n) is 12.6. The Morgan fingerprint density at radius 3 is 2.55 bits per heavy atom. The lowest BCUT2D eigenvalue weighted by Gasteiger charge is -2.41. The van der Waals surface area contributed by atoms with Crippen molar-refractivity contribution in [3.05, 3.63) is 29.8 Å². The van der Waals surface area contributed by atoms with E-state index in [9.17, 15) is 8.42 Å². The van der Waals surface area contributed by atoms with Crippen LogP contribution >= 0.6 is 0 Å². The number of rotatable bonds is 4. The van der Waals surface area contributed by atoms with Crippen molar-refractivity contribution >= 4 is 10.0 Å². The molecule has 20 heavy (non-hydrogen) atoms. The fraction of sp³-hybridized carbons (Fsp3) is 0.600. The number of para-hydroxylation sites is 1. The van der Waals surface area contributed by atoms with Gasteiger partial charge in [0.2, 0.25) is 10.0 Å². The van der Waals surface area contributed by atoms with E-state index in [0.717, 1.165) is 11.3 Å². The number of hydrogen-bond acceptors (Lipinski definition) is 3. The van der Waals surface area contributed by atoms with Crippen LogP contribution in [0.3, 0.4) is 0 Å². The molecule has 112 valence electrons. The van der Waals surface area contributed by atoms with Gasteiger partial charge in [-0.15, -0.1) is 0 Å². The third-order valence-electron chi connectivity index (χ3n) is 3.73. The fourth-order valence-electron chi connectivity index (χ4n) is 2.80. The van der Waals surface area contributed by atoms with E-state index in [1.165, 1.54) is 0 Å². The molecule has 0 saturated heterocycles. The van der Waals surface area contributed by atoms with Crippen LogP contribution in [0.15, 0.2) is 24.3 Å². The van der Waals surface area contributed by atoms with Crippen molar-refractivity contribution in [3.63, 3.8) is 0 Å². The summed E-state index contributed by atoms with van der Waals surface area (Å²) in [5.41, 5.74) is 0.598. The molecule has 0 N–H and O–H groups in total. The summed E-state index contributed by atoms with van der Waals surface area (Å²) < 4.78 is 32.2. The molecular formula is C15H23NO3S. The Morgan fingerprint density at radius 2 is 1.95 bits per heavy atom. The van der Waals surface area contributed by atoms with Crippen molar-refractivity contribution in [2.75, 3.05) is 12.3 Å². The Bertz CT molecular complexity index is 581. The van der Waals surface area contributed by atoms with Crippen molar-refractivity contribution in [1.82, 2.24) is 4.31 Å². The topological polar surface area (TPSA) is 46.6 Å². The monoisotopic (exact) mass is 297 g/mol. The zero-order valence-corrected chi connectivity index (χ0v) is 13.4. The SMILES string of the molecule is CCN(C1CC(C)(C)Oc2ccccc21)S(=O)(=O)CC. The zero-order chi connectivity index (χ0) is 15.0. The van der Waals surface area contributed by atoms with Gasteiger partial charge < -0.3 is 4.74 Å². The molecule has 0 bridgehead atoms. The van der Waals surface area contributed by atoms with Crippen molar-refractivity contribution in [3.8, 4) is 5.75 Å². The number of fused-ring (bicyclic) bond motifs is 1. The highest BCUT2D eigenvalue weighted by atomic mass is 32.2. The summed E-state index contributed by atoms with van der Waals surface area (Å²) in [6, 6.07) is 7.57. The molecule has 1 aromatic carbocycles. The fourth-order valence-corrected chi connectivity index (χ4v) is 4.10. The van der Waals surface area contributed by atoms with Gasteiger partial charge in [-0.3, -0.25) is 0 Å².